The largest absolute Gasteiger partial charge is 0.491 e. The molecule has 20 heteroatoms. The maximum absolute atomic E-state index is 13.6. The van der Waals surface area contributed by atoms with Gasteiger partial charge in [0.05, 0.1) is 41.5 Å². The first-order valence-corrected chi connectivity index (χ1v) is 19.8. The van der Waals surface area contributed by atoms with Gasteiger partial charge in [-0.05, 0) is 42.3 Å². The highest BCUT2D eigenvalue weighted by Crippen LogP contribution is 2.70. The summed E-state index contributed by atoms with van der Waals surface area (Å²) in [6.45, 7) is 4.95. The van der Waals surface area contributed by atoms with Crippen LogP contribution in [-0.4, -0.2) is 122 Å². The number of carbonyl (C=O) groups is 3. The Kier molecular flexibility index (Phi) is 10.9. The van der Waals surface area contributed by atoms with E-state index in [2.05, 4.69) is 4.98 Å². The second kappa shape index (κ2) is 14.6. The molecule has 5 aliphatic rings. The summed E-state index contributed by atoms with van der Waals surface area (Å²) in [4.78, 5) is 46.4. The Balaban J connectivity index is 0.000000189. The third-order valence-corrected chi connectivity index (χ3v) is 14.5. The van der Waals surface area contributed by atoms with E-state index < -0.39 is 33.5 Å². The lowest BCUT2D eigenvalue weighted by atomic mass is 9.87. The molecule has 0 aliphatic carbocycles. The van der Waals surface area contributed by atoms with Gasteiger partial charge in [-0.25, -0.2) is 9.78 Å². The molecule has 1 spiro atoms. The number of imidazole rings is 1. The number of methoxy groups -OCH3 is 2. The average molecular weight is 851 g/mol. The van der Waals surface area contributed by atoms with Crippen molar-refractivity contribution >= 4 is 91.5 Å². The Labute approximate surface area is 333 Å². The second-order valence-corrected chi connectivity index (χ2v) is 17.1. The topological polar surface area (TPSA) is 150 Å². The van der Waals surface area contributed by atoms with Crippen LogP contribution in [0.25, 0.3) is 0 Å². The van der Waals surface area contributed by atoms with Gasteiger partial charge >= 0.3 is 6.03 Å². The molecule has 2 aromatic carbocycles. The quantitative estimate of drug-likeness (QED) is 0.280. The number of hydrogen-bond acceptors (Lipinski definition) is 12. The lowest BCUT2D eigenvalue weighted by molar-refractivity contribution is -0.166. The molecule has 5 aliphatic heterocycles. The van der Waals surface area contributed by atoms with E-state index in [9.17, 15) is 24.6 Å². The number of rotatable bonds is 8. The van der Waals surface area contributed by atoms with E-state index in [-0.39, 0.29) is 40.6 Å². The van der Waals surface area contributed by atoms with Gasteiger partial charge < -0.3 is 39.1 Å². The normalized spacial score (nSPS) is 26.5. The summed E-state index contributed by atoms with van der Waals surface area (Å²) in [5, 5.41) is 24.7. The molecule has 5 atom stereocenters. The SMILES string of the molecule is CCCN(CCOc1c(Cl)cc(Cl)cc1Cl)C(=O)n1ccnc1.COc1c(Cl)cc2c(c1OC)N(C)[C@@H]1N3C(=O)[C@@]4(C)SS[C@@]3(C(=O)N4C)[C@H](O)[C@]21O. The summed E-state index contributed by atoms with van der Waals surface area (Å²) < 4.78 is 17.9. The van der Waals surface area contributed by atoms with Crippen LogP contribution in [0.4, 0.5) is 10.5 Å². The fourth-order valence-corrected chi connectivity index (χ4v) is 11.9. The van der Waals surface area contributed by atoms with Crippen LogP contribution in [0, 0.1) is 0 Å². The molecule has 53 heavy (non-hydrogen) atoms. The minimum atomic E-state index is -1.97. The summed E-state index contributed by atoms with van der Waals surface area (Å²) >= 11 is 24.4. The molecular formula is C33H36Cl4N6O8S2. The summed E-state index contributed by atoms with van der Waals surface area (Å²) in [6.07, 6.45) is 2.85. The average Bonchev–Trinajstić information content (AvgIpc) is 3.79. The highest BCUT2D eigenvalue weighted by molar-refractivity contribution is 8.78. The van der Waals surface area contributed by atoms with Crippen molar-refractivity contribution < 1.29 is 38.8 Å². The molecule has 3 aromatic rings. The fraction of sp³-hybridized carbons (Fsp3) is 0.455. The van der Waals surface area contributed by atoms with E-state index >= 15 is 0 Å². The summed E-state index contributed by atoms with van der Waals surface area (Å²) in [6, 6.07) is 4.47. The van der Waals surface area contributed by atoms with Gasteiger partial charge in [-0.3, -0.25) is 19.1 Å². The van der Waals surface area contributed by atoms with Gasteiger partial charge in [0.25, 0.3) is 11.8 Å². The molecule has 3 amide bonds. The molecule has 6 heterocycles. The third-order valence-electron chi connectivity index (χ3n) is 9.76. The van der Waals surface area contributed by atoms with Gasteiger partial charge in [-0.1, -0.05) is 64.1 Å². The smallest absolute Gasteiger partial charge is 0.329 e. The van der Waals surface area contributed by atoms with Crippen molar-refractivity contribution in [1.29, 1.82) is 0 Å². The zero-order chi connectivity index (χ0) is 38.8. The van der Waals surface area contributed by atoms with Crippen molar-refractivity contribution in [2.24, 2.45) is 0 Å². The maximum Gasteiger partial charge on any atom is 0.329 e. The molecule has 286 valence electrons. The number of hydrogen-bond donors (Lipinski definition) is 2. The van der Waals surface area contributed by atoms with Crippen LogP contribution in [0.5, 0.6) is 17.2 Å². The van der Waals surface area contributed by atoms with Crippen LogP contribution in [0.3, 0.4) is 0 Å². The van der Waals surface area contributed by atoms with Gasteiger partial charge in [0.15, 0.2) is 27.7 Å². The number of amides is 3. The van der Waals surface area contributed by atoms with Gasteiger partial charge in [-0.15, -0.1) is 0 Å². The number of nitrogens with zero attached hydrogens (tertiary/aromatic N) is 6. The second-order valence-electron chi connectivity index (χ2n) is 12.7. The lowest BCUT2D eigenvalue weighted by Gasteiger charge is -2.58. The molecule has 0 radical (unpaired) electrons. The first kappa shape index (κ1) is 39.7. The fourth-order valence-electron chi connectivity index (χ4n) is 7.13. The molecule has 14 nitrogen and oxygen atoms in total. The van der Waals surface area contributed by atoms with Crippen LogP contribution in [-0.2, 0) is 15.2 Å². The van der Waals surface area contributed by atoms with Crippen LogP contribution in [0.1, 0.15) is 25.8 Å². The first-order valence-electron chi connectivity index (χ1n) is 16.2. The highest BCUT2D eigenvalue weighted by Gasteiger charge is 2.82. The summed E-state index contributed by atoms with van der Waals surface area (Å²) in [5.41, 5.74) is -1.25. The number of aromatic nitrogens is 2. The molecule has 4 fully saturated rings. The number of likely N-dealkylation sites (N-methyl/N-ethyl adjacent to an activating group) is 2. The number of aliphatic hydroxyl groups excluding tert-OH is 1. The third kappa shape index (κ3) is 5.86. The van der Waals surface area contributed by atoms with E-state index in [4.69, 9.17) is 60.6 Å². The number of aliphatic hydroxyl groups is 2. The van der Waals surface area contributed by atoms with E-state index in [1.165, 1.54) is 51.8 Å². The van der Waals surface area contributed by atoms with Crippen LogP contribution in [0.15, 0.2) is 36.9 Å². The van der Waals surface area contributed by atoms with Crippen LogP contribution in [0.2, 0.25) is 20.1 Å². The maximum atomic E-state index is 13.6. The number of halogens is 4. The molecule has 1 aromatic heterocycles. The van der Waals surface area contributed by atoms with Crippen molar-refractivity contribution in [3.63, 3.8) is 0 Å². The molecule has 2 bridgehead atoms. The van der Waals surface area contributed by atoms with Crippen molar-refractivity contribution in [3.8, 4) is 17.2 Å². The molecule has 8 rings (SSSR count). The predicted octanol–water partition coefficient (Wildman–Crippen LogP) is 5.41. The molecular weight excluding hydrogens is 814 g/mol. The standard InChI is InChI=1S/C18H20ClN3O6S2.C15H16Cl3N3O2/c1-16-14(24)22-13-17(26,12(23)18(22,30-29-16)15(25)21(16)3)7-6-8(19)10(27-4)11(28-5)9(7)20(13)2;1-2-4-20(15(22)21-5-3-19-10-21)6-7-23-14-12(17)8-11(16)9-13(14)18/h6,12-13,23,26H,1-5H3;3,5,8-10H,2,4,6-7H2,1H3/t12-,13-,16-,17-,18-;/m1./s1. The minimum absolute atomic E-state index is 0.152. The zero-order valence-corrected chi connectivity index (χ0v) is 34.0. The number of piperazine rings is 1. The number of benzene rings is 2. The summed E-state index contributed by atoms with van der Waals surface area (Å²) in [5.74, 6) is 0.133. The predicted molar refractivity (Wildman–Crippen MR) is 204 cm³/mol. The van der Waals surface area contributed by atoms with Crippen LogP contribution < -0.4 is 19.1 Å². The Hall–Kier alpha value is -2.96. The van der Waals surface area contributed by atoms with E-state index in [1.807, 2.05) is 6.92 Å². The van der Waals surface area contributed by atoms with Gasteiger partial charge in [0.1, 0.15) is 25.2 Å². The Morgan fingerprint density at radius 1 is 0.981 bits per heavy atom. The van der Waals surface area contributed by atoms with Gasteiger partial charge in [0.2, 0.25) is 4.87 Å². The van der Waals surface area contributed by atoms with E-state index in [0.29, 0.717) is 39.6 Å². The number of fused-ring (bicyclic) bond motifs is 5. The molecule has 0 unspecified atom stereocenters. The number of carbonyl (C=O) groups excluding carboxylic acids is 3. The van der Waals surface area contributed by atoms with Gasteiger partial charge in [0, 0.05) is 43.6 Å². The Morgan fingerprint density at radius 3 is 2.21 bits per heavy atom. The molecule has 2 N–H and O–H groups in total. The van der Waals surface area contributed by atoms with Crippen LogP contribution >= 0.6 is 68.0 Å². The zero-order valence-electron chi connectivity index (χ0n) is 29.3. The lowest BCUT2D eigenvalue weighted by Crippen LogP contribution is -2.77. The Bertz CT molecular complexity index is 1940. The van der Waals surface area contributed by atoms with Gasteiger partial charge in [-0.2, -0.15) is 0 Å². The van der Waals surface area contributed by atoms with Crippen molar-refractivity contribution in [3.05, 3.63) is 62.6 Å². The number of anilines is 1. The Morgan fingerprint density at radius 2 is 1.62 bits per heavy atom. The monoisotopic (exact) mass is 848 g/mol. The minimum Gasteiger partial charge on any atom is -0.491 e. The highest BCUT2D eigenvalue weighted by atomic mass is 35.5. The van der Waals surface area contributed by atoms with Crippen molar-refractivity contribution in [2.45, 2.75) is 47.9 Å². The number of ether oxygens (including phenoxy) is 3. The van der Waals surface area contributed by atoms with Crippen molar-refractivity contribution in [2.75, 3.05) is 52.9 Å². The molecule has 0 saturated carbocycles. The van der Waals surface area contributed by atoms with E-state index in [0.717, 1.165) is 17.2 Å². The van der Waals surface area contributed by atoms with Crippen molar-refractivity contribution in [1.82, 2.24) is 24.3 Å². The summed E-state index contributed by atoms with van der Waals surface area (Å²) in [7, 11) is 8.43. The molecule has 4 saturated heterocycles. The first-order chi connectivity index (χ1) is 25.1. The van der Waals surface area contributed by atoms with E-state index in [1.54, 1.807) is 55.3 Å².